The summed E-state index contributed by atoms with van der Waals surface area (Å²) in [6.45, 7) is 0. The summed E-state index contributed by atoms with van der Waals surface area (Å²) in [6, 6.07) is 16.8. The molecule has 0 bridgehead atoms. The number of nitrogens with one attached hydrogen (secondary N) is 1. The van der Waals surface area contributed by atoms with Gasteiger partial charge >= 0.3 is 5.69 Å². The third-order valence-corrected chi connectivity index (χ3v) is 10.3. The Balaban J connectivity index is 1.32. The second-order valence-electron chi connectivity index (χ2n) is 10.9. The molecule has 2 aromatic carbocycles. The fourth-order valence-electron chi connectivity index (χ4n) is 5.53. The van der Waals surface area contributed by atoms with E-state index in [1.165, 1.54) is 6.26 Å². The minimum absolute atomic E-state index is 0.0122. The van der Waals surface area contributed by atoms with Crippen LogP contribution in [-0.2, 0) is 26.4 Å². The lowest BCUT2D eigenvalue weighted by Gasteiger charge is -2.14. The summed E-state index contributed by atoms with van der Waals surface area (Å²) in [5.74, 6) is 0.638. The molecule has 40 heavy (non-hydrogen) atoms. The summed E-state index contributed by atoms with van der Waals surface area (Å²) in [7, 11) is -1.52. The number of imidazole rings is 1. The molecule has 0 radical (unpaired) electrons. The Morgan fingerprint density at radius 1 is 0.975 bits per heavy atom. The first kappa shape index (κ1) is 24.7. The summed E-state index contributed by atoms with van der Waals surface area (Å²) in [4.78, 5) is 34.6. The third-order valence-electron chi connectivity index (χ3n) is 8.25. The van der Waals surface area contributed by atoms with Crippen LogP contribution in [0.15, 0.2) is 71.8 Å². The Hall–Kier alpha value is -4.31. The van der Waals surface area contributed by atoms with Crippen molar-refractivity contribution in [3.63, 3.8) is 0 Å². The van der Waals surface area contributed by atoms with Crippen LogP contribution in [0.1, 0.15) is 31.2 Å². The number of amides is 1. The summed E-state index contributed by atoms with van der Waals surface area (Å²) in [5, 5.41) is 3.67. The lowest BCUT2D eigenvalue weighted by atomic mass is 10.0. The van der Waals surface area contributed by atoms with Gasteiger partial charge in [0.25, 0.3) is 0 Å². The molecule has 3 aromatic heterocycles. The molecule has 3 heterocycles. The molecule has 2 saturated carbocycles. The van der Waals surface area contributed by atoms with Crippen molar-refractivity contribution in [2.75, 3.05) is 11.6 Å². The van der Waals surface area contributed by atoms with Crippen LogP contribution >= 0.6 is 0 Å². The van der Waals surface area contributed by atoms with Crippen molar-refractivity contribution in [2.24, 2.45) is 13.0 Å². The highest BCUT2D eigenvalue weighted by Crippen LogP contribution is 2.52. The van der Waals surface area contributed by atoms with Crippen molar-refractivity contribution in [1.29, 1.82) is 0 Å². The van der Waals surface area contributed by atoms with E-state index in [2.05, 4.69) is 15.3 Å². The number of pyridine rings is 2. The number of hydrogen-bond donors (Lipinski definition) is 1. The Labute approximate surface area is 230 Å². The van der Waals surface area contributed by atoms with E-state index in [0.29, 0.717) is 29.9 Å². The first-order chi connectivity index (χ1) is 19.2. The van der Waals surface area contributed by atoms with Crippen LogP contribution < -0.4 is 11.0 Å². The quantitative estimate of drug-likeness (QED) is 0.335. The van der Waals surface area contributed by atoms with Crippen LogP contribution in [0.25, 0.3) is 38.8 Å². The number of carbonyl (C=O) groups is 1. The maximum atomic E-state index is 13.5. The highest BCUT2D eigenvalue weighted by molar-refractivity contribution is 7.92. The molecule has 0 saturated heterocycles. The maximum Gasteiger partial charge on any atom is 0.333 e. The Morgan fingerprint density at radius 3 is 2.33 bits per heavy atom. The minimum atomic E-state index is -3.24. The summed E-state index contributed by atoms with van der Waals surface area (Å²) in [6.07, 6.45) is 7.80. The lowest BCUT2D eigenvalue weighted by molar-refractivity contribution is -0.117. The van der Waals surface area contributed by atoms with Crippen LogP contribution in [0.3, 0.4) is 0 Å². The van der Waals surface area contributed by atoms with Gasteiger partial charge in [-0.15, -0.1) is 0 Å². The average Bonchev–Trinajstić information content (AvgIpc) is 3.87. The number of hydrogen-bond acceptors (Lipinski definition) is 6. The zero-order valence-corrected chi connectivity index (χ0v) is 22.9. The second kappa shape index (κ2) is 8.59. The Morgan fingerprint density at radius 2 is 1.70 bits per heavy atom. The molecule has 10 heteroatoms. The first-order valence-electron chi connectivity index (χ1n) is 13.2. The molecule has 0 unspecified atom stereocenters. The molecule has 2 aliphatic rings. The number of benzene rings is 2. The van der Waals surface area contributed by atoms with E-state index in [0.717, 1.165) is 46.0 Å². The minimum Gasteiger partial charge on any atom is -0.310 e. The standard InChI is InChI=1S/C30H27N5O4S/c1-34-25-17-31-24-11-5-19(20-6-12-26(32-16-20)33-28(36)18-3-4-18)15-23(24)27(25)35(29(34)37)22-9-7-21(8-10-22)30(13-14-30)40(2,38)39/h5-12,15-18H,3-4,13-14H2,1-2H3,(H,32,33,36). The van der Waals surface area contributed by atoms with E-state index >= 15 is 0 Å². The maximum absolute atomic E-state index is 13.5. The normalized spacial score (nSPS) is 16.4. The van der Waals surface area contributed by atoms with E-state index in [4.69, 9.17) is 0 Å². The van der Waals surface area contributed by atoms with Gasteiger partial charge in [0.2, 0.25) is 5.91 Å². The van der Waals surface area contributed by atoms with Crippen LogP contribution in [-0.4, -0.2) is 39.7 Å². The van der Waals surface area contributed by atoms with Crippen LogP contribution in [0.5, 0.6) is 0 Å². The number of rotatable bonds is 6. The van der Waals surface area contributed by atoms with E-state index < -0.39 is 14.6 Å². The van der Waals surface area contributed by atoms with Crippen molar-refractivity contribution in [3.05, 3.63) is 83.0 Å². The number of anilines is 1. The zero-order chi connectivity index (χ0) is 27.8. The number of carbonyl (C=O) groups excluding carboxylic acids is 1. The number of sulfone groups is 1. The van der Waals surface area contributed by atoms with Crippen molar-refractivity contribution >= 4 is 43.5 Å². The summed E-state index contributed by atoms with van der Waals surface area (Å²) >= 11 is 0. The molecule has 0 spiro atoms. The van der Waals surface area contributed by atoms with Gasteiger partial charge in [-0.3, -0.25) is 18.9 Å². The highest BCUT2D eigenvalue weighted by Gasteiger charge is 2.53. The monoisotopic (exact) mass is 553 g/mol. The number of fused-ring (bicyclic) bond motifs is 3. The largest absolute Gasteiger partial charge is 0.333 e. The molecule has 9 nitrogen and oxygen atoms in total. The molecule has 2 fully saturated rings. The van der Waals surface area contributed by atoms with Crippen LogP contribution in [0.4, 0.5) is 5.82 Å². The van der Waals surface area contributed by atoms with Crippen LogP contribution in [0.2, 0.25) is 0 Å². The molecule has 7 rings (SSSR count). The van der Waals surface area contributed by atoms with Gasteiger partial charge in [0, 0.05) is 36.4 Å². The van der Waals surface area contributed by atoms with Gasteiger partial charge in [-0.25, -0.2) is 18.2 Å². The van der Waals surface area contributed by atoms with Gasteiger partial charge in [-0.2, -0.15) is 0 Å². The lowest BCUT2D eigenvalue weighted by Crippen LogP contribution is -2.21. The van der Waals surface area contributed by atoms with Gasteiger partial charge in [-0.1, -0.05) is 18.2 Å². The number of aryl methyl sites for hydroxylation is 1. The number of aromatic nitrogens is 4. The fraction of sp³-hybridized carbons (Fsp3) is 0.267. The van der Waals surface area contributed by atoms with E-state index in [9.17, 15) is 18.0 Å². The molecule has 2 aliphatic carbocycles. The van der Waals surface area contributed by atoms with Crippen molar-refractivity contribution in [3.8, 4) is 16.8 Å². The second-order valence-corrected chi connectivity index (χ2v) is 13.2. The van der Waals surface area contributed by atoms with Crippen molar-refractivity contribution in [1.82, 2.24) is 19.1 Å². The molecular weight excluding hydrogens is 526 g/mol. The zero-order valence-electron chi connectivity index (χ0n) is 22.1. The predicted octanol–water partition coefficient (Wildman–Crippen LogP) is 4.32. The average molecular weight is 554 g/mol. The summed E-state index contributed by atoms with van der Waals surface area (Å²) < 4.78 is 27.2. The van der Waals surface area contributed by atoms with Crippen molar-refractivity contribution < 1.29 is 13.2 Å². The van der Waals surface area contributed by atoms with E-state index in [-0.39, 0.29) is 17.5 Å². The van der Waals surface area contributed by atoms with Gasteiger partial charge < -0.3 is 5.32 Å². The molecule has 0 aliphatic heterocycles. The topological polar surface area (TPSA) is 116 Å². The van der Waals surface area contributed by atoms with E-state index in [1.807, 2.05) is 48.5 Å². The fourth-order valence-corrected chi connectivity index (χ4v) is 6.94. The molecule has 5 aromatic rings. The Bertz CT molecular complexity index is 2000. The number of nitrogens with zero attached hydrogens (tertiary/aromatic N) is 4. The van der Waals surface area contributed by atoms with Crippen LogP contribution in [0, 0.1) is 5.92 Å². The highest BCUT2D eigenvalue weighted by atomic mass is 32.2. The Kier molecular flexibility index (Phi) is 5.31. The molecular formula is C30H27N5O4S. The van der Waals surface area contributed by atoms with Crippen molar-refractivity contribution in [2.45, 2.75) is 30.4 Å². The van der Waals surface area contributed by atoms with E-state index in [1.54, 1.807) is 34.6 Å². The third kappa shape index (κ3) is 3.85. The molecule has 0 atom stereocenters. The molecule has 202 valence electrons. The summed E-state index contributed by atoms with van der Waals surface area (Å²) in [5.41, 5.74) is 5.10. The smallest absolute Gasteiger partial charge is 0.310 e. The molecule has 1 amide bonds. The predicted molar refractivity (Wildman–Crippen MR) is 154 cm³/mol. The van der Waals surface area contributed by atoms with Gasteiger partial charge in [0.05, 0.1) is 33.2 Å². The van der Waals surface area contributed by atoms with Gasteiger partial charge in [-0.05, 0) is 73.2 Å². The van der Waals surface area contributed by atoms with Gasteiger partial charge in [0.1, 0.15) is 5.82 Å². The molecule has 1 N–H and O–H groups in total. The first-order valence-corrected chi connectivity index (χ1v) is 15.1. The SMILES string of the molecule is Cn1c(=O)n(-c2ccc(C3(S(C)(=O)=O)CC3)cc2)c2c3cc(-c4ccc(NC(=O)C5CC5)nc4)ccc3ncc21. The van der Waals surface area contributed by atoms with Gasteiger partial charge in [0.15, 0.2) is 9.84 Å².